The second kappa shape index (κ2) is 11.6. The summed E-state index contributed by atoms with van der Waals surface area (Å²) in [7, 11) is 0. The highest BCUT2D eigenvalue weighted by molar-refractivity contribution is 5.94. The number of ether oxygens (including phenoxy) is 2. The van der Waals surface area contributed by atoms with Gasteiger partial charge in [-0.15, -0.1) is 0 Å². The average molecular weight is 497 g/mol. The first-order valence-corrected chi connectivity index (χ1v) is 12.6. The summed E-state index contributed by atoms with van der Waals surface area (Å²) in [5, 5.41) is 6.19. The zero-order valence-electron chi connectivity index (χ0n) is 20.3. The van der Waals surface area contributed by atoms with Gasteiger partial charge in [0, 0.05) is 50.7 Å². The molecule has 0 aromatic carbocycles. The molecular weight excluding hydrogens is 464 g/mol. The van der Waals surface area contributed by atoms with E-state index in [1.165, 1.54) is 0 Å². The molecule has 1 saturated carbocycles. The molecule has 2 aromatic heterocycles. The molecule has 2 unspecified atom stereocenters. The fourth-order valence-corrected chi connectivity index (χ4v) is 4.74. The van der Waals surface area contributed by atoms with E-state index < -0.39 is 0 Å². The van der Waals surface area contributed by atoms with Gasteiger partial charge in [0.05, 0.1) is 26.4 Å². The first-order chi connectivity index (χ1) is 17.7. The molecule has 12 heteroatoms. The topological polar surface area (TPSA) is 135 Å². The summed E-state index contributed by atoms with van der Waals surface area (Å²) in [4.78, 5) is 47.8. The van der Waals surface area contributed by atoms with Crippen molar-refractivity contribution < 1.29 is 19.1 Å². The number of nitrogens with one attached hydrogen (secondary N) is 2. The summed E-state index contributed by atoms with van der Waals surface area (Å²) < 4.78 is 10.8. The van der Waals surface area contributed by atoms with Crippen molar-refractivity contribution in [2.75, 3.05) is 62.4 Å². The van der Waals surface area contributed by atoms with Crippen LogP contribution in [0, 0.1) is 0 Å². The van der Waals surface area contributed by atoms with Gasteiger partial charge in [-0.2, -0.15) is 0 Å². The van der Waals surface area contributed by atoms with Crippen molar-refractivity contribution in [3.8, 4) is 0 Å². The lowest BCUT2D eigenvalue weighted by Gasteiger charge is -2.33. The number of rotatable bonds is 6. The molecule has 192 valence electrons. The van der Waals surface area contributed by atoms with Gasteiger partial charge < -0.3 is 29.9 Å². The van der Waals surface area contributed by atoms with E-state index in [9.17, 15) is 9.59 Å². The van der Waals surface area contributed by atoms with Crippen molar-refractivity contribution in [1.82, 2.24) is 30.6 Å². The summed E-state index contributed by atoms with van der Waals surface area (Å²) in [6, 6.07) is 2.84. The molecule has 1 aliphatic carbocycles. The van der Waals surface area contributed by atoms with Crippen molar-refractivity contribution in [3.05, 3.63) is 35.9 Å². The molecule has 3 aliphatic rings. The van der Waals surface area contributed by atoms with Crippen LogP contribution in [0.15, 0.2) is 24.5 Å². The average Bonchev–Trinajstić information content (AvgIpc) is 2.95. The molecule has 0 spiro atoms. The number of amides is 2. The third-order valence-electron chi connectivity index (χ3n) is 6.74. The van der Waals surface area contributed by atoms with E-state index in [-0.39, 0.29) is 23.9 Å². The van der Waals surface area contributed by atoms with Gasteiger partial charge in [0.25, 0.3) is 11.8 Å². The highest BCUT2D eigenvalue weighted by atomic mass is 16.5. The highest BCUT2D eigenvalue weighted by Gasteiger charge is 2.29. The van der Waals surface area contributed by atoms with Gasteiger partial charge in [-0.25, -0.2) is 19.9 Å². The molecule has 5 rings (SSSR count). The molecule has 4 heterocycles. The lowest BCUT2D eigenvalue weighted by atomic mass is 9.90. The zero-order chi connectivity index (χ0) is 24.7. The molecule has 12 nitrogen and oxygen atoms in total. The van der Waals surface area contributed by atoms with Crippen molar-refractivity contribution >= 4 is 23.7 Å². The van der Waals surface area contributed by atoms with Crippen LogP contribution in [-0.4, -0.2) is 96.4 Å². The lowest BCUT2D eigenvalue weighted by molar-refractivity contribution is 0.0857. The number of carbonyl (C=O) groups is 2. The molecule has 36 heavy (non-hydrogen) atoms. The SMILES string of the molecule is O=C(NC1CCCCC1NC(=O)c1ccnc(N2CCOCC2)n1)c1ccnc(N2CCOCC2)n1. The van der Waals surface area contributed by atoms with Crippen LogP contribution in [-0.2, 0) is 9.47 Å². The Morgan fingerprint density at radius 2 is 1.14 bits per heavy atom. The number of nitrogens with zero attached hydrogens (tertiary/aromatic N) is 6. The maximum absolute atomic E-state index is 13.1. The Bertz CT molecular complexity index is 974. The van der Waals surface area contributed by atoms with Gasteiger partial charge in [-0.3, -0.25) is 9.59 Å². The van der Waals surface area contributed by atoms with Gasteiger partial charge >= 0.3 is 0 Å². The summed E-state index contributed by atoms with van der Waals surface area (Å²) in [6.07, 6.45) is 6.73. The van der Waals surface area contributed by atoms with E-state index in [0.717, 1.165) is 25.7 Å². The Hall–Kier alpha value is -3.38. The summed E-state index contributed by atoms with van der Waals surface area (Å²) in [6.45, 7) is 5.23. The number of aromatic nitrogens is 4. The number of anilines is 2. The smallest absolute Gasteiger partial charge is 0.270 e. The van der Waals surface area contributed by atoms with Crippen LogP contribution < -0.4 is 20.4 Å². The minimum atomic E-state index is -0.269. The molecule has 3 fully saturated rings. The first-order valence-electron chi connectivity index (χ1n) is 12.6. The maximum Gasteiger partial charge on any atom is 0.270 e. The Morgan fingerprint density at radius 1 is 0.722 bits per heavy atom. The number of carbonyl (C=O) groups excluding carboxylic acids is 2. The Labute approximate surface area is 209 Å². The van der Waals surface area contributed by atoms with Gasteiger partial charge in [-0.1, -0.05) is 12.8 Å². The normalized spacial score (nSPS) is 22.7. The monoisotopic (exact) mass is 496 g/mol. The fraction of sp³-hybridized carbons (Fsp3) is 0.583. The molecule has 0 bridgehead atoms. The Kier molecular flexibility index (Phi) is 7.82. The van der Waals surface area contributed by atoms with E-state index in [4.69, 9.17) is 9.47 Å². The number of morpholine rings is 2. The standard InChI is InChI=1S/C24H32N8O4/c33-21(19-5-7-25-23(29-19)31-9-13-35-14-10-31)27-17-3-1-2-4-18(17)28-22(34)20-6-8-26-24(30-20)32-11-15-36-16-12-32/h5-8,17-18H,1-4,9-16H2,(H,27,33)(H,28,34). The van der Waals surface area contributed by atoms with Crippen LogP contribution in [0.5, 0.6) is 0 Å². The third-order valence-corrected chi connectivity index (χ3v) is 6.74. The van der Waals surface area contributed by atoms with Gasteiger partial charge in [-0.05, 0) is 25.0 Å². The van der Waals surface area contributed by atoms with Gasteiger partial charge in [0.2, 0.25) is 11.9 Å². The quantitative estimate of drug-likeness (QED) is 0.579. The summed E-state index contributed by atoms with van der Waals surface area (Å²) in [5.41, 5.74) is 0.626. The molecule has 2 saturated heterocycles. The van der Waals surface area contributed by atoms with Gasteiger partial charge in [0.15, 0.2) is 0 Å². The fourth-order valence-electron chi connectivity index (χ4n) is 4.74. The predicted octanol–water partition coefficient (Wildman–Crippen LogP) is 0.411. The lowest BCUT2D eigenvalue weighted by Crippen LogP contribution is -2.53. The minimum absolute atomic E-state index is 0.197. The highest BCUT2D eigenvalue weighted by Crippen LogP contribution is 2.20. The second-order valence-corrected chi connectivity index (χ2v) is 9.13. The zero-order valence-corrected chi connectivity index (χ0v) is 20.3. The van der Waals surface area contributed by atoms with Crippen LogP contribution in [0.4, 0.5) is 11.9 Å². The van der Waals surface area contributed by atoms with E-state index in [0.29, 0.717) is 75.9 Å². The second-order valence-electron chi connectivity index (χ2n) is 9.13. The van der Waals surface area contributed by atoms with E-state index in [1.807, 2.05) is 9.80 Å². The van der Waals surface area contributed by atoms with E-state index in [1.54, 1.807) is 24.5 Å². The summed E-state index contributed by atoms with van der Waals surface area (Å²) >= 11 is 0. The number of hydrogen-bond acceptors (Lipinski definition) is 10. The van der Waals surface area contributed by atoms with Crippen molar-refractivity contribution in [2.24, 2.45) is 0 Å². The van der Waals surface area contributed by atoms with E-state index >= 15 is 0 Å². The third kappa shape index (κ3) is 5.88. The minimum Gasteiger partial charge on any atom is -0.378 e. The van der Waals surface area contributed by atoms with Crippen molar-refractivity contribution in [1.29, 1.82) is 0 Å². The van der Waals surface area contributed by atoms with Crippen LogP contribution in [0.3, 0.4) is 0 Å². The van der Waals surface area contributed by atoms with Crippen LogP contribution >= 0.6 is 0 Å². The van der Waals surface area contributed by atoms with Crippen molar-refractivity contribution in [3.63, 3.8) is 0 Å². The molecular formula is C24H32N8O4. The van der Waals surface area contributed by atoms with Crippen molar-refractivity contribution in [2.45, 2.75) is 37.8 Å². The van der Waals surface area contributed by atoms with Crippen LogP contribution in [0.2, 0.25) is 0 Å². The Morgan fingerprint density at radius 3 is 1.56 bits per heavy atom. The molecule has 2 amide bonds. The first kappa shape index (κ1) is 24.3. The van der Waals surface area contributed by atoms with Crippen LogP contribution in [0.1, 0.15) is 46.7 Å². The molecule has 2 aromatic rings. The largest absolute Gasteiger partial charge is 0.378 e. The molecule has 2 aliphatic heterocycles. The molecule has 2 N–H and O–H groups in total. The maximum atomic E-state index is 13.1. The molecule has 0 radical (unpaired) electrons. The molecule has 2 atom stereocenters. The Balaban J connectivity index is 1.23. The van der Waals surface area contributed by atoms with Gasteiger partial charge in [0.1, 0.15) is 11.4 Å². The predicted molar refractivity (Wildman–Crippen MR) is 131 cm³/mol. The van der Waals surface area contributed by atoms with E-state index in [2.05, 4.69) is 30.6 Å². The van der Waals surface area contributed by atoms with Crippen LogP contribution in [0.25, 0.3) is 0 Å². The number of hydrogen-bond donors (Lipinski definition) is 2. The summed E-state index contributed by atoms with van der Waals surface area (Å²) in [5.74, 6) is 0.517.